The number of carbonyl (C=O) groups is 3. The minimum atomic E-state index is -3.66. The van der Waals surface area contributed by atoms with Gasteiger partial charge in [0.1, 0.15) is 11.6 Å². The topological polar surface area (TPSA) is 147 Å². The molecule has 1 atom stereocenters. The van der Waals surface area contributed by atoms with Crippen LogP contribution >= 0.6 is 0 Å². The molecule has 3 rings (SSSR count). The van der Waals surface area contributed by atoms with Crippen LogP contribution in [0.1, 0.15) is 41.5 Å². The molecule has 0 fully saturated rings. The third-order valence-electron chi connectivity index (χ3n) is 5.35. The number of nitrogens with one attached hydrogen (secondary N) is 1. The Morgan fingerprint density at radius 3 is 2.24 bits per heavy atom. The summed E-state index contributed by atoms with van der Waals surface area (Å²) in [6, 6.07) is 7.93. The molecule has 1 aliphatic heterocycles. The van der Waals surface area contributed by atoms with E-state index in [0.29, 0.717) is 18.0 Å². The van der Waals surface area contributed by atoms with Crippen LogP contribution < -0.4 is 5.32 Å². The first kappa shape index (κ1) is 24.0. The Morgan fingerprint density at radius 1 is 1.09 bits per heavy atom. The summed E-state index contributed by atoms with van der Waals surface area (Å²) >= 11 is 0. The lowest BCUT2D eigenvalue weighted by molar-refractivity contribution is -0.385. The SMILES string of the molecule is CCN(CC)S(=O)(=O)c1ccc(NC(=O)[C@H](C)N2C(=O)c3cccc([N+](=O)[O-])c3C2=O)cc1. The van der Waals surface area contributed by atoms with Gasteiger partial charge in [-0.05, 0) is 37.3 Å². The summed E-state index contributed by atoms with van der Waals surface area (Å²) in [5.74, 6) is -2.45. The number of benzene rings is 2. The van der Waals surface area contributed by atoms with Crippen LogP contribution in [0.2, 0.25) is 0 Å². The average Bonchev–Trinajstić information content (AvgIpc) is 3.04. The Kier molecular flexibility index (Phi) is 6.60. The van der Waals surface area contributed by atoms with Crippen LogP contribution in [-0.2, 0) is 14.8 Å². The molecule has 0 aliphatic carbocycles. The fraction of sp³-hybridized carbons (Fsp3) is 0.286. The Bertz CT molecular complexity index is 1240. The number of carbonyl (C=O) groups excluding carboxylic acids is 3. The molecular weight excluding hydrogens is 452 g/mol. The molecule has 0 bridgehead atoms. The fourth-order valence-electron chi connectivity index (χ4n) is 3.58. The van der Waals surface area contributed by atoms with Crippen molar-refractivity contribution < 1.29 is 27.7 Å². The van der Waals surface area contributed by atoms with Gasteiger partial charge in [-0.2, -0.15) is 4.31 Å². The van der Waals surface area contributed by atoms with Gasteiger partial charge in [0.2, 0.25) is 15.9 Å². The number of sulfonamides is 1. The molecule has 1 N–H and O–H groups in total. The lowest BCUT2D eigenvalue weighted by Gasteiger charge is -2.22. The number of hydrogen-bond acceptors (Lipinski definition) is 7. The molecule has 174 valence electrons. The van der Waals surface area contributed by atoms with Crippen molar-refractivity contribution in [3.05, 3.63) is 63.7 Å². The highest BCUT2D eigenvalue weighted by Crippen LogP contribution is 2.32. The minimum absolute atomic E-state index is 0.0601. The minimum Gasteiger partial charge on any atom is -0.324 e. The number of anilines is 1. The van der Waals surface area contributed by atoms with Gasteiger partial charge in [-0.25, -0.2) is 8.42 Å². The van der Waals surface area contributed by atoms with Crippen LogP contribution in [0.4, 0.5) is 11.4 Å². The second kappa shape index (κ2) is 9.08. The summed E-state index contributed by atoms with van der Waals surface area (Å²) in [7, 11) is -3.66. The zero-order valence-electron chi connectivity index (χ0n) is 18.1. The largest absolute Gasteiger partial charge is 0.324 e. The van der Waals surface area contributed by atoms with E-state index in [2.05, 4.69) is 5.32 Å². The van der Waals surface area contributed by atoms with Crippen molar-refractivity contribution in [3.63, 3.8) is 0 Å². The quantitative estimate of drug-likeness (QED) is 0.350. The van der Waals surface area contributed by atoms with Gasteiger partial charge in [-0.15, -0.1) is 0 Å². The van der Waals surface area contributed by atoms with Gasteiger partial charge in [0.05, 0.1) is 15.4 Å². The smallest absolute Gasteiger partial charge is 0.282 e. The predicted molar refractivity (Wildman–Crippen MR) is 118 cm³/mol. The van der Waals surface area contributed by atoms with Gasteiger partial charge in [-0.3, -0.25) is 29.4 Å². The zero-order valence-corrected chi connectivity index (χ0v) is 19.0. The molecule has 12 heteroatoms. The maximum Gasteiger partial charge on any atom is 0.282 e. The van der Waals surface area contributed by atoms with E-state index in [0.717, 1.165) is 6.07 Å². The lowest BCUT2D eigenvalue weighted by atomic mass is 10.1. The molecule has 0 spiro atoms. The normalized spacial score (nSPS) is 14.4. The van der Waals surface area contributed by atoms with Crippen molar-refractivity contribution in [2.45, 2.75) is 31.7 Å². The van der Waals surface area contributed by atoms with Crippen molar-refractivity contribution in [3.8, 4) is 0 Å². The highest BCUT2D eigenvalue weighted by molar-refractivity contribution is 7.89. The van der Waals surface area contributed by atoms with Crippen LogP contribution in [0, 0.1) is 10.1 Å². The molecular formula is C21H22N4O7S. The second-order valence-electron chi connectivity index (χ2n) is 7.22. The van der Waals surface area contributed by atoms with Crippen molar-refractivity contribution >= 4 is 39.1 Å². The van der Waals surface area contributed by atoms with Gasteiger partial charge in [-0.1, -0.05) is 19.9 Å². The van der Waals surface area contributed by atoms with Gasteiger partial charge >= 0.3 is 0 Å². The lowest BCUT2D eigenvalue weighted by Crippen LogP contribution is -2.45. The van der Waals surface area contributed by atoms with Crippen LogP contribution in [0.15, 0.2) is 47.4 Å². The standard InChI is InChI=1S/C21H22N4O7S/c1-4-23(5-2)33(31,32)15-11-9-14(10-12-15)22-19(26)13(3)24-20(27)16-7-6-8-17(25(29)30)18(16)21(24)28/h6-13H,4-5H2,1-3H3,(H,22,26)/t13-/m0/s1. The Morgan fingerprint density at radius 2 is 1.70 bits per heavy atom. The first-order valence-corrected chi connectivity index (χ1v) is 11.5. The van der Waals surface area contributed by atoms with E-state index in [9.17, 15) is 32.9 Å². The van der Waals surface area contributed by atoms with Crippen molar-refractivity contribution in [2.75, 3.05) is 18.4 Å². The number of nitrogens with zero attached hydrogens (tertiary/aromatic N) is 3. The van der Waals surface area contributed by atoms with Gasteiger partial charge in [0.25, 0.3) is 17.5 Å². The number of rotatable bonds is 8. The van der Waals surface area contributed by atoms with Crippen LogP contribution in [0.25, 0.3) is 0 Å². The molecule has 33 heavy (non-hydrogen) atoms. The fourth-order valence-corrected chi connectivity index (χ4v) is 5.03. The first-order valence-electron chi connectivity index (χ1n) is 10.1. The van der Waals surface area contributed by atoms with Gasteiger partial charge in [0.15, 0.2) is 0 Å². The molecule has 0 saturated carbocycles. The molecule has 0 unspecified atom stereocenters. The van der Waals surface area contributed by atoms with E-state index in [-0.39, 0.29) is 21.7 Å². The summed E-state index contributed by atoms with van der Waals surface area (Å²) in [4.78, 5) is 49.4. The molecule has 0 radical (unpaired) electrons. The second-order valence-corrected chi connectivity index (χ2v) is 9.15. The summed E-state index contributed by atoms with van der Waals surface area (Å²) in [5, 5.41) is 13.8. The van der Waals surface area contributed by atoms with Crippen molar-refractivity contribution in [1.29, 1.82) is 0 Å². The van der Waals surface area contributed by atoms with E-state index in [1.165, 1.54) is 47.6 Å². The maximum atomic E-state index is 12.8. The monoisotopic (exact) mass is 474 g/mol. The summed E-state index contributed by atoms with van der Waals surface area (Å²) in [5.41, 5.74) is -0.739. The Labute approximate surface area is 190 Å². The molecule has 11 nitrogen and oxygen atoms in total. The van der Waals surface area contributed by atoms with Gasteiger partial charge < -0.3 is 5.32 Å². The third kappa shape index (κ3) is 4.22. The number of amides is 3. The number of fused-ring (bicyclic) bond motifs is 1. The Hall–Kier alpha value is -3.64. The van der Waals surface area contributed by atoms with E-state index < -0.39 is 44.4 Å². The molecule has 0 aromatic heterocycles. The van der Waals surface area contributed by atoms with E-state index in [4.69, 9.17) is 0 Å². The number of nitro groups is 1. The molecule has 1 heterocycles. The predicted octanol–water partition coefficient (Wildman–Crippen LogP) is 2.25. The molecule has 2 aromatic carbocycles. The number of nitro benzene ring substituents is 1. The van der Waals surface area contributed by atoms with E-state index in [1.807, 2.05) is 0 Å². The van der Waals surface area contributed by atoms with E-state index >= 15 is 0 Å². The average molecular weight is 474 g/mol. The molecule has 2 aromatic rings. The third-order valence-corrected chi connectivity index (χ3v) is 7.42. The first-order chi connectivity index (χ1) is 15.5. The molecule has 3 amide bonds. The van der Waals surface area contributed by atoms with Gasteiger partial charge in [0, 0.05) is 24.8 Å². The maximum absolute atomic E-state index is 12.8. The van der Waals surface area contributed by atoms with Crippen molar-refractivity contribution in [2.24, 2.45) is 0 Å². The van der Waals surface area contributed by atoms with E-state index in [1.54, 1.807) is 13.8 Å². The summed E-state index contributed by atoms with van der Waals surface area (Å²) in [6.07, 6.45) is 0. The number of hydrogen-bond donors (Lipinski definition) is 1. The van der Waals surface area contributed by atoms with Crippen molar-refractivity contribution in [1.82, 2.24) is 9.21 Å². The summed E-state index contributed by atoms with van der Waals surface area (Å²) in [6.45, 7) is 5.40. The highest BCUT2D eigenvalue weighted by Gasteiger charge is 2.44. The summed E-state index contributed by atoms with van der Waals surface area (Å²) < 4.78 is 26.4. The van der Waals surface area contributed by atoms with Crippen LogP contribution in [-0.4, -0.2) is 59.4 Å². The van der Waals surface area contributed by atoms with Crippen LogP contribution in [0.3, 0.4) is 0 Å². The molecule has 1 aliphatic rings. The number of imide groups is 1. The molecule has 0 saturated heterocycles. The zero-order chi connectivity index (χ0) is 24.5. The Balaban J connectivity index is 1.79. The van der Waals surface area contributed by atoms with Crippen LogP contribution in [0.5, 0.6) is 0 Å². The highest BCUT2D eigenvalue weighted by atomic mass is 32.2.